The number of nitrogens with zero attached hydrogens (tertiary/aromatic N) is 4. The van der Waals surface area contributed by atoms with Crippen molar-refractivity contribution in [1.29, 1.82) is 0 Å². The molecular formula is C16H26N4. The highest BCUT2D eigenvalue weighted by atomic mass is 15.2. The van der Waals surface area contributed by atoms with Crippen molar-refractivity contribution < 1.29 is 0 Å². The van der Waals surface area contributed by atoms with Crippen molar-refractivity contribution in [2.75, 3.05) is 38.6 Å². The van der Waals surface area contributed by atoms with Gasteiger partial charge in [-0.3, -0.25) is 4.99 Å². The van der Waals surface area contributed by atoms with Crippen LogP contribution in [0.25, 0.3) is 0 Å². The van der Waals surface area contributed by atoms with Gasteiger partial charge in [0.1, 0.15) is 5.82 Å². The summed E-state index contributed by atoms with van der Waals surface area (Å²) in [6.45, 7) is 3.60. The molecule has 4 nitrogen and oxygen atoms in total. The minimum absolute atomic E-state index is 0.998. The van der Waals surface area contributed by atoms with Crippen LogP contribution in [0.3, 0.4) is 0 Å². The largest absolute Gasteiger partial charge is 0.363 e. The van der Waals surface area contributed by atoms with Crippen LogP contribution in [0.1, 0.15) is 32.1 Å². The van der Waals surface area contributed by atoms with Crippen LogP contribution < -0.4 is 4.90 Å². The van der Waals surface area contributed by atoms with Gasteiger partial charge in [-0.2, -0.15) is 0 Å². The van der Waals surface area contributed by atoms with Gasteiger partial charge >= 0.3 is 0 Å². The number of pyridine rings is 1. The zero-order valence-corrected chi connectivity index (χ0v) is 12.8. The number of aliphatic imine (C=N–C) groups is 1. The average Bonchev–Trinajstić information content (AvgIpc) is 2.74. The molecule has 3 heterocycles. The lowest BCUT2D eigenvalue weighted by atomic mass is 10.2. The quantitative estimate of drug-likeness (QED) is 0.789. The molecule has 0 amide bonds. The maximum atomic E-state index is 4.55. The van der Waals surface area contributed by atoms with E-state index in [2.05, 4.69) is 14.9 Å². The van der Waals surface area contributed by atoms with Gasteiger partial charge in [0.2, 0.25) is 0 Å². The molecule has 0 aromatic carbocycles. The second kappa shape index (κ2) is 7.88. The third-order valence-electron chi connectivity index (χ3n) is 3.68. The fourth-order valence-electron chi connectivity index (χ4n) is 2.56. The Balaban J connectivity index is 0.000000151. The first-order valence-electron chi connectivity index (χ1n) is 7.64. The predicted octanol–water partition coefficient (Wildman–Crippen LogP) is 2.81. The van der Waals surface area contributed by atoms with E-state index in [1.165, 1.54) is 51.0 Å². The fourth-order valence-corrected chi connectivity index (χ4v) is 2.56. The highest BCUT2D eigenvalue weighted by Crippen LogP contribution is 2.15. The van der Waals surface area contributed by atoms with Crippen LogP contribution in [0.4, 0.5) is 5.82 Å². The topological polar surface area (TPSA) is 31.7 Å². The fraction of sp³-hybridized carbons (Fsp3) is 0.625. The Morgan fingerprint density at radius 3 is 2.60 bits per heavy atom. The van der Waals surface area contributed by atoms with Gasteiger partial charge in [-0.1, -0.05) is 12.5 Å². The van der Waals surface area contributed by atoms with E-state index in [1.54, 1.807) is 6.20 Å². The highest BCUT2D eigenvalue weighted by Gasteiger charge is 2.16. The summed E-state index contributed by atoms with van der Waals surface area (Å²) < 4.78 is 0. The van der Waals surface area contributed by atoms with Gasteiger partial charge in [-0.25, -0.2) is 4.98 Å². The van der Waals surface area contributed by atoms with E-state index < -0.39 is 0 Å². The summed E-state index contributed by atoms with van der Waals surface area (Å²) in [6.07, 6.45) is 8.42. The Hall–Kier alpha value is -1.58. The molecule has 2 aliphatic heterocycles. The molecular weight excluding hydrogens is 248 g/mol. The maximum Gasteiger partial charge on any atom is 0.127 e. The third-order valence-corrected chi connectivity index (χ3v) is 3.68. The number of fused-ring (bicyclic) bond motifs is 1. The molecule has 4 heteroatoms. The van der Waals surface area contributed by atoms with E-state index in [-0.39, 0.29) is 0 Å². The molecule has 0 N–H and O–H groups in total. The van der Waals surface area contributed by atoms with Crippen LogP contribution in [-0.4, -0.2) is 49.4 Å². The van der Waals surface area contributed by atoms with Gasteiger partial charge < -0.3 is 9.80 Å². The number of hydrogen-bond acceptors (Lipinski definition) is 4. The molecule has 0 atom stereocenters. The molecule has 0 radical (unpaired) electrons. The average molecular weight is 274 g/mol. The molecule has 0 spiro atoms. The second-order valence-electron chi connectivity index (χ2n) is 5.53. The summed E-state index contributed by atoms with van der Waals surface area (Å²) in [5.74, 6) is 2.39. The molecule has 3 rings (SSSR count). The number of amidine groups is 1. The van der Waals surface area contributed by atoms with Gasteiger partial charge in [-0.05, 0) is 31.4 Å². The van der Waals surface area contributed by atoms with Crippen LogP contribution in [0, 0.1) is 0 Å². The summed E-state index contributed by atoms with van der Waals surface area (Å²) >= 11 is 0. The lowest BCUT2D eigenvalue weighted by Gasteiger charge is -2.27. The predicted molar refractivity (Wildman–Crippen MR) is 85.5 cm³/mol. The molecule has 0 bridgehead atoms. The number of anilines is 1. The number of hydrogen-bond donors (Lipinski definition) is 0. The van der Waals surface area contributed by atoms with Crippen molar-refractivity contribution in [3.63, 3.8) is 0 Å². The van der Waals surface area contributed by atoms with Gasteiger partial charge in [0.05, 0.1) is 5.84 Å². The van der Waals surface area contributed by atoms with E-state index in [9.17, 15) is 0 Å². The Labute approximate surface area is 122 Å². The molecule has 1 aromatic rings. The van der Waals surface area contributed by atoms with Gasteiger partial charge in [0, 0.05) is 46.3 Å². The molecule has 0 saturated carbocycles. The minimum atomic E-state index is 0.998. The molecule has 1 fully saturated rings. The molecule has 1 saturated heterocycles. The van der Waals surface area contributed by atoms with Crippen LogP contribution in [0.2, 0.25) is 0 Å². The first-order valence-corrected chi connectivity index (χ1v) is 7.64. The number of rotatable bonds is 1. The Morgan fingerprint density at radius 2 is 1.90 bits per heavy atom. The highest BCUT2D eigenvalue weighted by molar-refractivity contribution is 5.83. The summed E-state index contributed by atoms with van der Waals surface area (Å²) in [7, 11) is 3.95. The van der Waals surface area contributed by atoms with Crippen molar-refractivity contribution in [1.82, 2.24) is 9.88 Å². The van der Waals surface area contributed by atoms with Crippen LogP contribution in [-0.2, 0) is 0 Å². The van der Waals surface area contributed by atoms with Gasteiger partial charge in [0.15, 0.2) is 0 Å². The normalized spacial score (nSPS) is 18.1. The smallest absolute Gasteiger partial charge is 0.127 e. The van der Waals surface area contributed by atoms with Crippen molar-refractivity contribution in [3.05, 3.63) is 24.4 Å². The maximum absolute atomic E-state index is 4.55. The van der Waals surface area contributed by atoms with E-state index in [0.29, 0.717) is 0 Å². The summed E-state index contributed by atoms with van der Waals surface area (Å²) in [4.78, 5) is 13.1. The van der Waals surface area contributed by atoms with Gasteiger partial charge in [0.25, 0.3) is 0 Å². The Morgan fingerprint density at radius 1 is 1.05 bits per heavy atom. The third kappa shape index (κ3) is 4.51. The molecule has 0 aliphatic carbocycles. The molecule has 1 aromatic heterocycles. The Kier molecular flexibility index (Phi) is 5.84. The van der Waals surface area contributed by atoms with E-state index in [0.717, 1.165) is 12.4 Å². The van der Waals surface area contributed by atoms with Crippen molar-refractivity contribution in [3.8, 4) is 0 Å². The lowest BCUT2D eigenvalue weighted by Crippen LogP contribution is -2.34. The molecule has 0 unspecified atom stereocenters. The first kappa shape index (κ1) is 14.8. The van der Waals surface area contributed by atoms with Crippen molar-refractivity contribution in [2.45, 2.75) is 32.1 Å². The molecule has 2 aliphatic rings. The van der Waals surface area contributed by atoms with Crippen LogP contribution >= 0.6 is 0 Å². The van der Waals surface area contributed by atoms with Crippen molar-refractivity contribution >= 4 is 11.7 Å². The van der Waals surface area contributed by atoms with Gasteiger partial charge in [-0.15, -0.1) is 0 Å². The first-order chi connectivity index (χ1) is 9.77. The van der Waals surface area contributed by atoms with Crippen LogP contribution in [0.5, 0.6) is 0 Å². The summed E-state index contributed by atoms with van der Waals surface area (Å²) in [6, 6.07) is 5.86. The zero-order valence-electron chi connectivity index (χ0n) is 12.8. The number of aromatic nitrogens is 1. The standard InChI is InChI=1S/C9H16N2.C7H10N2/c1-2-5-9-10-6-4-8-11(9)7-3-1;1-9(2)7-5-3-4-6-8-7/h1-8H2;3-6H,1-2H3. The Bertz CT molecular complexity index is 414. The SMILES string of the molecule is C1CCC2=NCCCN2CC1.CN(C)c1ccccn1. The lowest BCUT2D eigenvalue weighted by molar-refractivity contribution is 0.391. The summed E-state index contributed by atoms with van der Waals surface area (Å²) in [5.41, 5.74) is 0. The van der Waals surface area contributed by atoms with Crippen molar-refractivity contribution in [2.24, 2.45) is 4.99 Å². The van der Waals surface area contributed by atoms with E-state index in [1.807, 2.05) is 37.2 Å². The van der Waals surface area contributed by atoms with Crippen LogP contribution in [0.15, 0.2) is 29.4 Å². The second-order valence-corrected chi connectivity index (χ2v) is 5.53. The van der Waals surface area contributed by atoms with E-state index in [4.69, 9.17) is 0 Å². The zero-order chi connectivity index (χ0) is 14.2. The minimum Gasteiger partial charge on any atom is -0.363 e. The monoisotopic (exact) mass is 274 g/mol. The molecule has 20 heavy (non-hydrogen) atoms. The summed E-state index contributed by atoms with van der Waals surface area (Å²) in [5, 5.41) is 0. The van der Waals surface area contributed by atoms with E-state index >= 15 is 0 Å². The molecule has 110 valence electrons.